The summed E-state index contributed by atoms with van der Waals surface area (Å²) in [5.74, 6) is -1.11. The number of likely N-dealkylation sites (tertiary alicyclic amines) is 1. The molecule has 0 bridgehead atoms. The molecule has 1 fully saturated rings. The summed E-state index contributed by atoms with van der Waals surface area (Å²) < 4.78 is 37.4. The highest BCUT2D eigenvalue weighted by atomic mass is 19.2. The fourth-order valence-corrected chi connectivity index (χ4v) is 3.09. The SMILES string of the molecule is COCCc1noc(C2CCCN(C(=O)Cc3cccc(F)c3F)C2)n1. The van der Waals surface area contributed by atoms with E-state index in [0.29, 0.717) is 37.8 Å². The first kappa shape index (κ1) is 18.4. The number of halogens is 2. The van der Waals surface area contributed by atoms with Crippen LogP contribution in [0.5, 0.6) is 0 Å². The zero-order chi connectivity index (χ0) is 18.5. The van der Waals surface area contributed by atoms with Crippen molar-refractivity contribution in [3.05, 3.63) is 47.1 Å². The molecule has 3 rings (SSSR count). The van der Waals surface area contributed by atoms with Gasteiger partial charge in [0.05, 0.1) is 18.9 Å². The minimum atomic E-state index is -0.964. The van der Waals surface area contributed by atoms with E-state index in [1.54, 1.807) is 12.0 Å². The number of carbonyl (C=O) groups excluding carboxylic acids is 1. The summed E-state index contributed by atoms with van der Waals surface area (Å²) in [6.45, 7) is 1.52. The predicted molar refractivity (Wildman–Crippen MR) is 88.5 cm³/mol. The molecule has 0 saturated carbocycles. The number of methoxy groups -OCH3 is 1. The summed E-state index contributed by atoms with van der Waals surface area (Å²) in [5, 5.41) is 3.93. The van der Waals surface area contributed by atoms with Crippen LogP contribution in [-0.4, -0.2) is 47.8 Å². The molecular formula is C18H21F2N3O3. The van der Waals surface area contributed by atoms with Crippen molar-refractivity contribution in [3.63, 3.8) is 0 Å². The number of hydrogen-bond donors (Lipinski definition) is 0. The van der Waals surface area contributed by atoms with E-state index in [4.69, 9.17) is 9.26 Å². The van der Waals surface area contributed by atoms with Crippen LogP contribution in [0.15, 0.2) is 22.7 Å². The molecule has 0 radical (unpaired) electrons. The van der Waals surface area contributed by atoms with Crippen LogP contribution >= 0.6 is 0 Å². The Bertz CT molecular complexity index is 766. The largest absolute Gasteiger partial charge is 0.384 e. The molecule has 26 heavy (non-hydrogen) atoms. The van der Waals surface area contributed by atoms with Crippen molar-refractivity contribution in [2.24, 2.45) is 0 Å². The second-order valence-electron chi connectivity index (χ2n) is 6.36. The van der Waals surface area contributed by atoms with Crippen LogP contribution in [0.4, 0.5) is 8.78 Å². The molecule has 1 atom stereocenters. The van der Waals surface area contributed by atoms with Gasteiger partial charge < -0.3 is 14.2 Å². The Labute approximate surface area is 150 Å². The maximum Gasteiger partial charge on any atom is 0.231 e. The average molecular weight is 365 g/mol. The summed E-state index contributed by atoms with van der Waals surface area (Å²) in [6.07, 6.45) is 2.02. The number of ether oxygens (including phenoxy) is 1. The van der Waals surface area contributed by atoms with Gasteiger partial charge >= 0.3 is 0 Å². The number of hydrogen-bond acceptors (Lipinski definition) is 5. The molecule has 6 nitrogen and oxygen atoms in total. The van der Waals surface area contributed by atoms with Gasteiger partial charge in [-0.1, -0.05) is 17.3 Å². The van der Waals surface area contributed by atoms with Crippen molar-refractivity contribution in [1.29, 1.82) is 0 Å². The number of carbonyl (C=O) groups is 1. The molecule has 0 spiro atoms. The normalized spacial score (nSPS) is 17.5. The van der Waals surface area contributed by atoms with Gasteiger partial charge in [-0.3, -0.25) is 4.79 Å². The zero-order valence-corrected chi connectivity index (χ0v) is 14.6. The van der Waals surface area contributed by atoms with Crippen LogP contribution in [0.2, 0.25) is 0 Å². The van der Waals surface area contributed by atoms with Crippen LogP contribution in [0.1, 0.15) is 36.0 Å². The van der Waals surface area contributed by atoms with Crippen LogP contribution in [0, 0.1) is 11.6 Å². The summed E-state index contributed by atoms with van der Waals surface area (Å²) in [4.78, 5) is 18.5. The molecule has 1 aromatic heterocycles. The fourth-order valence-electron chi connectivity index (χ4n) is 3.09. The third-order valence-electron chi connectivity index (χ3n) is 4.51. The molecule has 1 saturated heterocycles. The van der Waals surface area contributed by atoms with Crippen LogP contribution in [-0.2, 0) is 22.4 Å². The van der Waals surface area contributed by atoms with E-state index in [0.717, 1.165) is 18.9 Å². The Hall–Kier alpha value is -2.35. The van der Waals surface area contributed by atoms with Crippen molar-refractivity contribution >= 4 is 5.91 Å². The lowest BCUT2D eigenvalue weighted by Crippen LogP contribution is -2.40. The van der Waals surface area contributed by atoms with Crippen molar-refractivity contribution in [2.75, 3.05) is 26.8 Å². The lowest BCUT2D eigenvalue weighted by molar-refractivity contribution is -0.131. The first-order valence-corrected chi connectivity index (χ1v) is 8.60. The van der Waals surface area contributed by atoms with E-state index in [1.165, 1.54) is 12.1 Å². The van der Waals surface area contributed by atoms with E-state index in [1.807, 2.05) is 0 Å². The van der Waals surface area contributed by atoms with Crippen molar-refractivity contribution < 1.29 is 22.8 Å². The summed E-state index contributed by atoms with van der Waals surface area (Å²) in [5.41, 5.74) is 0.0664. The maximum absolute atomic E-state index is 13.8. The Morgan fingerprint density at radius 2 is 2.27 bits per heavy atom. The molecule has 1 unspecified atom stereocenters. The van der Waals surface area contributed by atoms with Crippen molar-refractivity contribution in [1.82, 2.24) is 15.0 Å². The molecular weight excluding hydrogens is 344 g/mol. The Morgan fingerprint density at radius 1 is 1.42 bits per heavy atom. The fraction of sp³-hybridized carbons (Fsp3) is 0.500. The maximum atomic E-state index is 13.8. The summed E-state index contributed by atoms with van der Waals surface area (Å²) >= 11 is 0. The lowest BCUT2D eigenvalue weighted by Gasteiger charge is -2.31. The average Bonchev–Trinajstić information content (AvgIpc) is 3.13. The molecule has 1 aliphatic heterocycles. The molecule has 1 aromatic carbocycles. The predicted octanol–water partition coefficient (Wildman–Crippen LogP) is 2.49. The zero-order valence-electron chi connectivity index (χ0n) is 14.6. The second kappa shape index (κ2) is 8.35. The van der Waals surface area contributed by atoms with Gasteiger partial charge in [0.1, 0.15) is 0 Å². The highest BCUT2D eigenvalue weighted by Crippen LogP contribution is 2.26. The van der Waals surface area contributed by atoms with E-state index in [-0.39, 0.29) is 23.8 Å². The number of benzene rings is 1. The van der Waals surface area contributed by atoms with Gasteiger partial charge in [-0.25, -0.2) is 8.78 Å². The van der Waals surface area contributed by atoms with Crippen molar-refractivity contribution in [3.8, 4) is 0 Å². The van der Waals surface area contributed by atoms with Crippen LogP contribution < -0.4 is 0 Å². The quantitative estimate of drug-likeness (QED) is 0.787. The number of amides is 1. The molecule has 8 heteroatoms. The van der Waals surface area contributed by atoms with Crippen molar-refractivity contribution in [2.45, 2.75) is 31.6 Å². The molecule has 140 valence electrons. The van der Waals surface area contributed by atoms with Gasteiger partial charge in [-0.2, -0.15) is 4.98 Å². The van der Waals surface area contributed by atoms with E-state index in [9.17, 15) is 13.6 Å². The number of aromatic nitrogens is 2. The minimum Gasteiger partial charge on any atom is -0.384 e. The molecule has 1 aliphatic rings. The molecule has 2 aromatic rings. The Balaban J connectivity index is 1.63. The monoisotopic (exact) mass is 365 g/mol. The van der Waals surface area contributed by atoms with E-state index < -0.39 is 11.6 Å². The third-order valence-corrected chi connectivity index (χ3v) is 4.51. The number of piperidine rings is 1. The topological polar surface area (TPSA) is 68.5 Å². The van der Waals surface area contributed by atoms with E-state index in [2.05, 4.69) is 10.1 Å². The van der Waals surface area contributed by atoms with Gasteiger partial charge in [0.25, 0.3) is 0 Å². The third kappa shape index (κ3) is 4.24. The first-order chi connectivity index (χ1) is 12.6. The van der Waals surface area contributed by atoms with Crippen LogP contribution in [0.25, 0.3) is 0 Å². The first-order valence-electron chi connectivity index (χ1n) is 8.60. The highest BCUT2D eigenvalue weighted by molar-refractivity contribution is 5.79. The van der Waals surface area contributed by atoms with Gasteiger partial charge in [0.15, 0.2) is 17.5 Å². The molecule has 1 amide bonds. The van der Waals surface area contributed by atoms with Gasteiger partial charge in [0.2, 0.25) is 11.8 Å². The standard InChI is InChI=1S/C18H21F2N3O3/c1-25-9-7-15-21-18(26-22-15)13-5-3-8-23(11-13)16(24)10-12-4-2-6-14(19)17(12)20/h2,4,6,13H,3,5,7-11H2,1H3. The molecule has 0 aliphatic carbocycles. The molecule has 2 heterocycles. The Kier molecular flexibility index (Phi) is 5.92. The number of nitrogens with zero attached hydrogens (tertiary/aromatic N) is 3. The van der Waals surface area contributed by atoms with Gasteiger partial charge in [-0.05, 0) is 18.9 Å². The smallest absolute Gasteiger partial charge is 0.231 e. The van der Waals surface area contributed by atoms with Crippen LogP contribution in [0.3, 0.4) is 0 Å². The second-order valence-corrected chi connectivity index (χ2v) is 6.36. The Morgan fingerprint density at radius 3 is 3.08 bits per heavy atom. The summed E-state index contributed by atoms with van der Waals surface area (Å²) in [6, 6.07) is 3.87. The molecule has 0 N–H and O–H groups in total. The summed E-state index contributed by atoms with van der Waals surface area (Å²) in [7, 11) is 1.60. The minimum absolute atomic E-state index is 0.0474. The van der Waals surface area contributed by atoms with Gasteiger partial charge in [0, 0.05) is 32.2 Å². The lowest BCUT2D eigenvalue weighted by atomic mass is 9.97. The number of rotatable bonds is 6. The van der Waals surface area contributed by atoms with Gasteiger partial charge in [-0.15, -0.1) is 0 Å². The van der Waals surface area contributed by atoms with E-state index >= 15 is 0 Å². The highest BCUT2D eigenvalue weighted by Gasteiger charge is 2.29.